The van der Waals surface area contributed by atoms with Gasteiger partial charge in [0.1, 0.15) is 11.3 Å². The predicted molar refractivity (Wildman–Crippen MR) is 81.4 cm³/mol. The van der Waals surface area contributed by atoms with Crippen molar-refractivity contribution in [2.75, 3.05) is 12.3 Å². The molecule has 0 bridgehead atoms. The molecule has 0 aliphatic rings. The molecule has 2 aromatic carbocycles. The first-order valence-corrected chi connectivity index (χ1v) is 6.81. The molecule has 5 heteroatoms. The number of para-hydroxylation sites is 2. The van der Waals surface area contributed by atoms with Gasteiger partial charge in [-0.15, -0.1) is 0 Å². The standard InChI is InChI=1S/C16H16N2O3/c17-13-8-4-9-14-15(13)18(16(19)21-14)10-5-11-20-12-6-2-1-3-7-12/h1-4,6-9H,5,10-11,17H2. The third-order valence-electron chi connectivity index (χ3n) is 3.26. The number of aryl methyl sites for hydroxylation is 1. The summed E-state index contributed by atoms with van der Waals surface area (Å²) >= 11 is 0. The van der Waals surface area contributed by atoms with Crippen LogP contribution in [0.15, 0.2) is 57.7 Å². The van der Waals surface area contributed by atoms with Crippen LogP contribution in [0.2, 0.25) is 0 Å². The second-order valence-corrected chi connectivity index (χ2v) is 4.73. The molecule has 0 aliphatic heterocycles. The molecule has 1 heterocycles. The Morgan fingerprint density at radius 2 is 1.90 bits per heavy atom. The average Bonchev–Trinajstić information content (AvgIpc) is 2.82. The Morgan fingerprint density at radius 1 is 1.10 bits per heavy atom. The van der Waals surface area contributed by atoms with Crippen molar-refractivity contribution in [1.29, 1.82) is 0 Å². The molecule has 0 spiro atoms. The van der Waals surface area contributed by atoms with E-state index in [1.165, 1.54) is 0 Å². The topological polar surface area (TPSA) is 70.4 Å². The van der Waals surface area contributed by atoms with Gasteiger partial charge in [-0.05, 0) is 30.7 Å². The van der Waals surface area contributed by atoms with E-state index in [0.717, 1.165) is 5.75 Å². The van der Waals surface area contributed by atoms with Crippen molar-refractivity contribution in [1.82, 2.24) is 4.57 Å². The van der Waals surface area contributed by atoms with Gasteiger partial charge in [-0.3, -0.25) is 4.57 Å². The summed E-state index contributed by atoms with van der Waals surface area (Å²) in [5, 5.41) is 0. The number of benzene rings is 2. The molecule has 0 radical (unpaired) electrons. The van der Waals surface area contributed by atoms with Crippen LogP contribution in [0.3, 0.4) is 0 Å². The Labute approximate surface area is 121 Å². The first-order chi connectivity index (χ1) is 10.3. The van der Waals surface area contributed by atoms with Gasteiger partial charge in [-0.1, -0.05) is 24.3 Å². The number of oxazole rings is 1. The van der Waals surface area contributed by atoms with Crippen LogP contribution in [0.5, 0.6) is 5.75 Å². The van der Waals surface area contributed by atoms with Gasteiger partial charge < -0.3 is 14.9 Å². The zero-order chi connectivity index (χ0) is 14.7. The summed E-state index contributed by atoms with van der Waals surface area (Å²) in [7, 11) is 0. The quantitative estimate of drug-likeness (QED) is 0.577. The summed E-state index contributed by atoms with van der Waals surface area (Å²) in [6.07, 6.45) is 0.692. The number of nitrogen functional groups attached to an aromatic ring is 1. The monoisotopic (exact) mass is 284 g/mol. The number of hydrogen-bond donors (Lipinski definition) is 1. The van der Waals surface area contributed by atoms with Crippen LogP contribution in [0.1, 0.15) is 6.42 Å². The summed E-state index contributed by atoms with van der Waals surface area (Å²) in [5.74, 6) is 0.434. The maximum Gasteiger partial charge on any atom is 0.420 e. The fourth-order valence-electron chi connectivity index (χ4n) is 2.28. The second kappa shape index (κ2) is 5.75. The van der Waals surface area contributed by atoms with E-state index in [0.29, 0.717) is 36.4 Å². The van der Waals surface area contributed by atoms with E-state index in [9.17, 15) is 4.79 Å². The Morgan fingerprint density at radius 3 is 2.71 bits per heavy atom. The zero-order valence-electron chi connectivity index (χ0n) is 11.5. The number of nitrogens with zero attached hydrogens (tertiary/aromatic N) is 1. The molecular weight excluding hydrogens is 268 g/mol. The number of hydrogen-bond acceptors (Lipinski definition) is 4. The van der Waals surface area contributed by atoms with Crippen LogP contribution in [0.25, 0.3) is 11.1 Å². The van der Waals surface area contributed by atoms with E-state index in [1.807, 2.05) is 30.3 Å². The minimum atomic E-state index is -0.386. The van der Waals surface area contributed by atoms with Crippen molar-refractivity contribution in [2.45, 2.75) is 13.0 Å². The molecule has 0 aliphatic carbocycles. The van der Waals surface area contributed by atoms with Crippen LogP contribution >= 0.6 is 0 Å². The summed E-state index contributed by atoms with van der Waals surface area (Å²) in [4.78, 5) is 11.9. The van der Waals surface area contributed by atoms with Gasteiger partial charge >= 0.3 is 5.76 Å². The number of fused-ring (bicyclic) bond motifs is 1. The highest BCUT2D eigenvalue weighted by Gasteiger charge is 2.11. The molecule has 0 saturated carbocycles. The first kappa shape index (κ1) is 13.3. The smallest absolute Gasteiger partial charge is 0.420 e. The number of ether oxygens (including phenoxy) is 1. The van der Waals surface area contributed by atoms with Crippen LogP contribution in [-0.2, 0) is 6.54 Å². The second-order valence-electron chi connectivity index (χ2n) is 4.73. The van der Waals surface area contributed by atoms with Gasteiger partial charge in [0.2, 0.25) is 0 Å². The largest absolute Gasteiger partial charge is 0.494 e. The highest BCUT2D eigenvalue weighted by atomic mass is 16.5. The minimum Gasteiger partial charge on any atom is -0.494 e. The number of aromatic nitrogens is 1. The molecule has 2 N–H and O–H groups in total. The minimum absolute atomic E-state index is 0.386. The predicted octanol–water partition coefficient (Wildman–Crippen LogP) is 2.65. The number of nitrogens with two attached hydrogens (primary N) is 1. The number of rotatable bonds is 5. The van der Waals surface area contributed by atoms with Crippen molar-refractivity contribution in [2.24, 2.45) is 0 Å². The maximum absolute atomic E-state index is 11.9. The van der Waals surface area contributed by atoms with E-state index in [-0.39, 0.29) is 5.76 Å². The van der Waals surface area contributed by atoms with E-state index in [1.54, 1.807) is 22.8 Å². The summed E-state index contributed by atoms with van der Waals surface area (Å²) in [5.41, 5.74) is 7.63. The van der Waals surface area contributed by atoms with Gasteiger partial charge in [-0.2, -0.15) is 0 Å². The van der Waals surface area contributed by atoms with Gasteiger partial charge in [0.25, 0.3) is 0 Å². The zero-order valence-corrected chi connectivity index (χ0v) is 11.5. The number of anilines is 1. The Balaban J connectivity index is 1.68. The molecule has 0 unspecified atom stereocenters. The molecule has 0 fully saturated rings. The third kappa shape index (κ3) is 2.76. The molecule has 0 saturated heterocycles. The highest BCUT2D eigenvalue weighted by Crippen LogP contribution is 2.19. The maximum atomic E-state index is 11.9. The highest BCUT2D eigenvalue weighted by molar-refractivity contribution is 5.85. The summed E-state index contributed by atoms with van der Waals surface area (Å²) in [6, 6.07) is 14.8. The van der Waals surface area contributed by atoms with Gasteiger partial charge in [-0.25, -0.2) is 4.79 Å². The van der Waals surface area contributed by atoms with Gasteiger partial charge in [0, 0.05) is 6.54 Å². The SMILES string of the molecule is Nc1cccc2oc(=O)n(CCCOc3ccccc3)c12. The molecule has 0 atom stereocenters. The van der Waals surface area contributed by atoms with E-state index in [4.69, 9.17) is 14.9 Å². The van der Waals surface area contributed by atoms with Crippen LogP contribution in [0.4, 0.5) is 5.69 Å². The van der Waals surface area contributed by atoms with Crippen molar-refractivity contribution in [3.05, 3.63) is 59.1 Å². The van der Waals surface area contributed by atoms with Crippen molar-refractivity contribution >= 4 is 16.8 Å². The summed E-state index contributed by atoms with van der Waals surface area (Å²) in [6.45, 7) is 1.03. The van der Waals surface area contributed by atoms with E-state index in [2.05, 4.69) is 0 Å². The Kier molecular flexibility index (Phi) is 3.64. The van der Waals surface area contributed by atoms with Gasteiger partial charge in [0.05, 0.1) is 12.3 Å². The first-order valence-electron chi connectivity index (χ1n) is 6.81. The van der Waals surface area contributed by atoms with Crippen molar-refractivity contribution in [3.63, 3.8) is 0 Å². The van der Waals surface area contributed by atoms with Crippen LogP contribution < -0.4 is 16.2 Å². The van der Waals surface area contributed by atoms with E-state index >= 15 is 0 Å². The molecular formula is C16H16N2O3. The van der Waals surface area contributed by atoms with Crippen LogP contribution in [-0.4, -0.2) is 11.2 Å². The van der Waals surface area contributed by atoms with Crippen LogP contribution in [0, 0.1) is 0 Å². The van der Waals surface area contributed by atoms with E-state index < -0.39 is 0 Å². The van der Waals surface area contributed by atoms with Crippen molar-refractivity contribution < 1.29 is 9.15 Å². The molecule has 3 aromatic rings. The Bertz CT molecular complexity index is 790. The third-order valence-corrected chi connectivity index (χ3v) is 3.26. The fraction of sp³-hybridized carbons (Fsp3) is 0.188. The fourth-order valence-corrected chi connectivity index (χ4v) is 2.28. The molecule has 21 heavy (non-hydrogen) atoms. The molecule has 3 rings (SSSR count). The molecule has 5 nitrogen and oxygen atoms in total. The molecule has 1 aromatic heterocycles. The lowest BCUT2D eigenvalue weighted by Crippen LogP contribution is -2.16. The average molecular weight is 284 g/mol. The van der Waals surface area contributed by atoms with Gasteiger partial charge in [0.15, 0.2) is 5.58 Å². The molecule has 108 valence electrons. The molecule has 0 amide bonds. The van der Waals surface area contributed by atoms with Crippen molar-refractivity contribution in [3.8, 4) is 5.75 Å². The summed E-state index contributed by atoms with van der Waals surface area (Å²) < 4.78 is 12.3. The lowest BCUT2D eigenvalue weighted by Gasteiger charge is -2.06. The lowest BCUT2D eigenvalue weighted by molar-refractivity contribution is 0.300. The normalized spacial score (nSPS) is 10.9. The lowest BCUT2D eigenvalue weighted by atomic mass is 10.3. The Hall–Kier alpha value is -2.69.